The summed E-state index contributed by atoms with van der Waals surface area (Å²) in [6.07, 6.45) is 0.0416. The van der Waals surface area contributed by atoms with Gasteiger partial charge in [-0.2, -0.15) is 5.26 Å². The van der Waals surface area contributed by atoms with Crippen molar-refractivity contribution in [2.75, 3.05) is 5.73 Å². The molecule has 6 rings (SSSR count). The predicted molar refractivity (Wildman–Crippen MR) is 133 cm³/mol. The summed E-state index contributed by atoms with van der Waals surface area (Å²) in [5.41, 5.74) is 8.13. The summed E-state index contributed by atoms with van der Waals surface area (Å²) < 4.78 is 12.8. The fourth-order valence-corrected chi connectivity index (χ4v) is 5.12. The van der Waals surface area contributed by atoms with Crippen LogP contribution in [0.1, 0.15) is 46.0 Å². The molecule has 0 spiro atoms. The lowest BCUT2D eigenvalue weighted by Crippen LogP contribution is -2.47. The smallest absolute Gasteiger partial charge is 0.355 e. The third-order valence-electron chi connectivity index (χ3n) is 7.05. The minimum absolute atomic E-state index is 0.0416. The van der Waals surface area contributed by atoms with E-state index in [0.29, 0.717) is 29.1 Å². The Morgan fingerprint density at radius 2 is 2.03 bits per heavy atom. The summed E-state index contributed by atoms with van der Waals surface area (Å²) in [6.45, 7) is 1.75. The highest BCUT2D eigenvalue weighted by molar-refractivity contribution is 5.95. The number of carbonyl (C=O) groups excluding carboxylic acids is 2. The topological polar surface area (TPSA) is 137 Å². The molecule has 0 bridgehead atoms. The first kappa shape index (κ1) is 22.5. The van der Waals surface area contributed by atoms with Gasteiger partial charge in [-0.25, -0.2) is 14.6 Å². The van der Waals surface area contributed by atoms with Crippen LogP contribution < -0.4 is 11.3 Å². The second kappa shape index (κ2) is 8.03. The van der Waals surface area contributed by atoms with E-state index in [9.17, 15) is 19.6 Å². The van der Waals surface area contributed by atoms with Gasteiger partial charge >= 0.3 is 11.9 Å². The van der Waals surface area contributed by atoms with E-state index < -0.39 is 17.5 Å². The number of rotatable bonds is 3. The minimum Gasteiger partial charge on any atom is -0.457 e. The summed E-state index contributed by atoms with van der Waals surface area (Å²) >= 11 is 0. The van der Waals surface area contributed by atoms with Gasteiger partial charge in [-0.15, -0.1) is 0 Å². The molecule has 2 aromatic heterocycles. The number of nitriles is 1. The number of benzene rings is 2. The maximum Gasteiger partial charge on any atom is 0.355 e. The zero-order valence-electron chi connectivity index (χ0n) is 19.8. The van der Waals surface area contributed by atoms with Crippen LogP contribution >= 0.6 is 0 Å². The Kier molecular flexibility index (Phi) is 4.88. The van der Waals surface area contributed by atoms with E-state index in [2.05, 4.69) is 0 Å². The molecule has 2 aromatic carbocycles. The molecule has 0 fully saturated rings. The highest BCUT2D eigenvalue weighted by Crippen LogP contribution is 2.41. The van der Waals surface area contributed by atoms with E-state index in [4.69, 9.17) is 20.2 Å². The molecule has 2 aliphatic heterocycles. The SMILES string of the molecule is CC[C@@]1(OC(=O)c2cccc(C#N)c2)C(=O)OCc2c1cc1n(c2=O)Cc2cc3c(N)cccc3nc2-1. The van der Waals surface area contributed by atoms with Gasteiger partial charge in [0.05, 0.1) is 46.2 Å². The maximum atomic E-state index is 13.6. The third kappa shape index (κ3) is 3.23. The van der Waals surface area contributed by atoms with Crippen LogP contribution in [0.4, 0.5) is 5.69 Å². The van der Waals surface area contributed by atoms with Gasteiger partial charge < -0.3 is 19.8 Å². The summed E-state index contributed by atoms with van der Waals surface area (Å²) in [5, 5.41) is 9.98. The minimum atomic E-state index is -1.83. The number of pyridine rings is 2. The van der Waals surface area contributed by atoms with Crippen LogP contribution in [0.25, 0.3) is 22.3 Å². The second-order valence-corrected chi connectivity index (χ2v) is 9.06. The van der Waals surface area contributed by atoms with Crippen molar-refractivity contribution >= 4 is 28.5 Å². The van der Waals surface area contributed by atoms with Crippen molar-refractivity contribution in [2.24, 2.45) is 0 Å². The van der Waals surface area contributed by atoms with E-state index in [0.717, 1.165) is 10.9 Å². The fourth-order valence-electron chi connectivity index (χ4n) is 5.12. The number of aromatic nitrogens is 2. The fraction of sp³-hybridized carbons (Fsp3) is 0.179. The Morgan fingerprint density at radius 3 is 2.81 bits per heavy atom. The number of carbonyl (C=O) groups is 2. The summed E-state index contributed by atoms with van der Waals surface area (Å²) in [4.78, 5) is 44.7. The lowest BCUT2D eigenvalue weighted by molar-refractivity contribution is -0.173. The molecule has 9 nitrogen and oxygen atoms in total. The predicted octanol–water partition coefficient (Wildman–Crippen LogP) is 3.40. The number of ether oxygens (including phenoxy) is 2. The van der Waals surface area contributed by atoms with Crippen LogP contribution in [0.5, 0.6) is 0 Å². The molecule has 182 valence electrons. The van der Waals surface area contributed by atoms with E-state index in [1.165, 1.54) is 12.1 Å². The summed E-state index contributed by atoms with van der Waals surface area (Å²) in [7, 11) is 0. The Bertz CT molecular complexity index is 1770. The van der Waals surface area contributed by atoms with Crippen LogP contribution in [-0.4, -0.2) is 21.5 Å². The molecule has 9 heteroatoms. The van der Waals surface area contributed by atoms with Crippen molar-refractivity contribution in [1.82, 2.24) is 9.55 Å². The average Bonchev–Trinajstić information content (AvgIpc) is 3.27. The van der Waals surface area contributed by atoms with E-state index in [1.807, 2.05) is 24.3 Å². The van der Waals surface area contributed by atoms with Gasteiger partial charge in [-0.05, 0) is 48.9 Å². The highest BCUT2D eigenvalue weighted by Gasteiger charge is 2.50. The Hall–Kier alpha value is -4.97. The molecular weight excluding hydrogens is 472 g/mol. The van der Waals surface area contributed by atoms with Gasteiger partial charge in [-0.1, -0.05) is 19.1 Å². The quantitative estimate of drug-likeness (QED) is 0.299. The molecule has 1 atom stereocenters. The molecule has 2 N–H and O–H groups in total. The average molecular weight is 492 g/mol. The molecule has 0 amide bonds. The summed E-state index contributed by atoms with van der Waals surface area (Å²) in [5.74, 6) is -1.56. The van der Waals surface area contributed by atoms with Crippen molar-refractivity contribution in [3.05, 3.63) is 92.8 Å². The van der Waals surface area contributed by atoms with Crippen LogP contribution in [0, 0.1) is 11.3 Å². The molecule has 0 saturated heterocycles. The lowest BCUT2D eigenvalue weighted by atomic mass is 9.85. The van der Waals surface area contributed by atoms with Gasteiger partial charge in [0.1, 0.15) is 6.61 Å². The number of nitrogens with zero attached hydrogens (tertiary/aromatic N) is 3. The van der Waals surface area contributed by atoms with Crippen LogP contribution in [0.2, 0.25) is 0 Å². The third-order valence-corrected chi connectivity index (χ3v) is 7.05. The molecule has 0 saturated carbocycles. The van der Waals surface area contributed by atoms with Gasteiger partial charge in [0, 0.05) is 22.2 Å². The van der Waals surface area contributed by atoms with Gasteiger partial charge in [0.15, 0.2) is 0 Å². The largest absolute Gasteiger partial charge is 0.457 e. The van der Waals surface area contributed by atoms with Crippen molar-refractivity contribution < 1.29 is 19.1 Å². The standard InChI is InChI=1S/C28H20N4O5/c1-2-28(37-26(34)16-6-3-5-15(9-16)12-29)20-11-23-24-17(10-18-21(30)7-4-8-22(18)31-24)13-32(23)25(33)19(20)14-36-27(28)35/h3-11H,2,13-14,30H2,1H3/t28-/m0/s1. The van der Waals surface area contributed by atoms with Gasteiger partial charge in [0.25, 0.3) is 5.56 Å². The van der Waals surface area contributed by atoms with Crippen molar-refractivity contribution in [1.29, 1.82) is 5.26 Å². The summed E-state index contributed by atoms with van der Waals surface area (Å²) in [6, 6.07) is 17.0. The molecule has 2 aliphatic rings. The van der Waals surface area contributed by atoms with Crippen LogP contribution in [0.15, 0.2) is 59.4 Å². The molecule has 0 radical (unpaired) electrons. The van der Waals surface area contributed by atoms with Crippen LogP contribution in [0.3, 0.4) is 0 Å². The lowest BCUT2D eigenvalue weighted by Gasteiger charge is -2.35. The number of nitrogens with two attached hydrogens (primary N) is 1. The number of cyclic esters (lactones) is 1. The first-order valence-electron chi connectivity index (χ1n) is 11.7. The zero-order valence-corrected chi connectivity index (χ0v) is 19.8. The number of anilines is 1. The van der Waals surface area contributed by atoms with Gasteiger partial charge in [0.2, 0.25) is 5.60 Å². The number of hydrogen-bond acceptors (Lipinski definition) is 8. The molecule has 4 aromatic rings. The Morgan fingerprint density at radius 1 is 1.22 bits per heavy atom. The first-order chi connectivity index (χ1) is 17.9. The van der Waals surface area contributed by atoms with E-state index >= 15 is 0 Å². The molecule has 4 heterocycles. The maximum absolute atomic E-state index is 13.6. The normalized spacial score (nSPS) is 17.4. The van der Waals surface area contributed by atoms with E-state index in [1.54, 1.807) is 35.8 Å². The van der Waals surface area contributed by atoms with Crippen LogP contribution in [-0.2, 0) is 33.0 Å². The number of esters is 2. The van der Waals surface area contributed by atoms with Gasteiger partial charge in [-0.3, -0.25) is 4.79 Å². The number of fused-ring (bicyclic) bond motifs is 5. The highest BCUT2D eigenvalue weighted by atomic mass is 16.6. The second-order valence-electron chi connectivity index (χ2n) is 9.06. The number of hydrogen-bond donors (Lipinski definition) is 1. The zero-order chi connectivity index (χ0) is 25.9. The molecule has 37 heavy (non-hydrogen) atoms. The Labute approximate surface area is 210 Å². The number of nitrogen functional groups attached to an aromatic ring is 1. The van der Waals surface area contributed by atoms with Crippen molar-refractivity contribution in [2.45, 2.75) is 32.1 Å². The van der Waals surface area contributed by atoms with Crippen molar-refractivity contribution in [3.63, 3.8) is 0 Å². The van der Waals surface area contributed by atoms with E-state index in [-0.39, 0.29) is 40.8 Å². The van der Waals surface area contributed by atoms with Crippen molar-refractivity contribution in [3.8, 4) is 17.5 Å². The first-order valence-corrected chi connectivity index (χ1v) is 11.7. The Balaban J connectivity index is 1.52. The molecule has 0 unspecified atom stereocenters. The monoisotopic (exact) mass is 492 g/mol. The molecular formula is C28H20N4O5. The molecule has 0 aliphatic carbocycles.